The van der Waals surface area contributed by atoms with Crippen LogP contribution >= 0.6 is 0 Å². The van der Waals surface area contributed by atoms with Gasteiger partial charge in [0.1, 0.15) is 12.4 Å². The summed E-state index contributed by atoms with van der Waals surface area (Å²) in [6, 6.07) is 16.8. The molecule has 2 amide bonds. The van der Waals surface area contributed by atoms with Gasteiger partial charge in [-0.3, -0.25) is 9.59 Å². The predicted molar refractivity (Wildman–Crippen MR) is 116 cm³/mol. The van der Waals surface area contributed by atoms with E-state index in [0.717, 1.165) is 22.6 Å². The van der Waals surface area contributed by atoms with Crippen molar-refractivity contribution in [2.45, 2.75) is 13.0 Å². The van der Waals surface area contributed by atoms with Crippen LogP contribution in [-0.2, 0) is 16.2 Å². The van der Waals surface area contributed by atoms with Crippen molar-refractivity contribution in [1.29, 1.82) is 5.26 Å². The molecule has 5 aliphatic rings. The van der Waals surface area contributed by atoms with Gasteiger partial charge in [0.05, 0.1) is 29.7 Å². The molecule has 0 spiro atoms. The minimum Gasteiger partial charge on any atom is -0.489 e. The molecule has 3 fully saturated rings. The SMILES string of the molecule is N#Cc1ccccc1COc1ccc(C=NN2C(=O)[C@@H]3[C@H]4C=C[C@@H]([C@@H]5C[C@H]45)[C@@H]3C2=O)cc1. The summed E-state index contributed by atoms with van der Waals surface area (Å²) in [5.41, 5.74) is 2.20. The lowest BCUT2D eigenvalue weighted by Gasteiger charge is -2.37. The van der Waals surface area contributed by atoms with E-state index in [0.29, 0.717) is 29.8 Å². The van der Waals surface area contributed by atoms with Crippen molar-refractivity contribution in [2.24, 2.45) is 40.6 Å². The molecular weight excluding hydrogens is 402 g/mol. The van der Waals surface area contributed by atoms with E-state index in [1.54, 1.807) is 24.4 Å². The van der Waals surface area contributed by atoms with Crippen LogP contribution in [0.5, 0.6) is 5.75 Å². The Hall–Kier alpha value is -3.72. The Morgan fingerprint density at radius 1 is 1.00 bits per heavy atom. The lowest BCUT2D eigenvalue weighted by molar-refractivity contribution is -0.140. The Kier molecular flexibility index (Phi) is 4.25. The molecule has 1 aliphatic heterocycles. The molecule has 2 aromatic carbocycles. The van der Waals surface area contributed by atoms with Crippen molar-refractivity contribution in [1.82, 2.24) is 5.01 Å². The highest BCUT2D eigenvalue weighted by atomic mass is 16.5. The minimum absolute atomic E-state index is 0.155. The Morgan fingerprint density at radius 3 is 2.31 bits per heavy atom. The number of benzene rings is 2. The maximum atomic E-state index is 13.0. The van der Waals surface area contributed by atoms with E-state index in [2.05, 4.69) is 23.3 Å². The highest BCUT2D eigenvalue weighted by Crippen LogP contribution is 2.65. The summed E-state index contributed by atoms with van der Waals surface area (Å²) in [5, 5.41) is 14.5. The fraction of sp³-hybridized carbons (Fsp3) is 0.308. The van der Waals surface area contributed by atoms with Crippen LogP contribution in [0.15, 0.2) is 65.8 Å². The van der Waals surface area contributed by atoms with Crippen LogP contribution in [0.4, 0.5) is 0 Å². The van der Waals surface area contributed by atoms with E-state index in [1.165, 1.54) is 0 Å². The fourth-order valence-corrected chi connectivity index (χ4v) is 5.75. The number of allylic oxidation sites excluding steroid dienone is 2. The van der Waals surface area contributed by atoms with E-state index in [9.17, 15) is 14.9 Å². The number of nitrogens with zero attached hydrogens (tertiary/aromatic N) is 3. The molecule has 1 saturated heterocycles. The van der Waals surface area contributed by atoms with Crippen molar-refractivity contribution in [3.8, 4) is 11.8 Å². The van der Waals surface area contributed by atoms with E-state index >= 15 is 0 Å². The second kappa shape index (κ2) is 7.16. The fourth-order valence-electron chi connectivity index (χ4n) is 5.75. The van der Waals surface area contributed by atoms with Crippen LogP contribution in [-0.4, -0.2) is 23.0 Å². The number of hydrogen-bond donors (Lipinski definition) is 0. The van der Waals surface area contributed by atoms with Crippen molar-refractivity contribution < 1.29 is 14.3 Å². The molecule has 2 bridgehead atoms. The molecular formula is C26H21N3O3. The zero-order valence-corrected chi connectivity index (χ0v) is 17.3. The molecule has 0 N–H and O–H groups in total. The monoisotopic (exact) mass is 423 g/mol. The largest absolute Gasteiger partial charge is 0.489 e. The van der Waals surface area contributed by atoms with Crippen molar-refractivity contribution >= 4 is 18.0 Å². The van der Waals surface area contributed by atoms with Crippen molar-refractivity contribution in [3.05, 3.63) is 77.4 Å². The lowest BCUT2D eigenvalue weighted by Crippen LogP contribution is -2.40. The van der Waals surface area contributed by atoms with Gasteiger partial charge in [-0.15, -0.1) is 0 Å². The topological polar surface area (TPSA) is 82.8 Å². The van der Waals surface area contributed by atoms with Crippen LogP contribution in [0.25, 0.3) is 0 Å². The number of ether oxygens (including phenoxy) is 1. The summed E-state index contributed by atoms with van der Waals surface area (Å²) in [6.07, 6.45) is 7.02. The average Bonchev–Trinajstić information content (AvgIpc) is 3.61. The molecule has 2 saturated carbocycles. The number of carbonyl (C=O) groups excluding carboxylic acids is 2. The van der Waals surface area contributed by atoms with Crippen LogP contribution in [0.2, 0.25) is 0 Å². The van der Waals surface area contributed by atoms with Gasteiger partial charge in [-0.1, -0.05) is 30.4 Å². The molecule has 0 aromatic heterocycles. The number of hydrogen-bond acceptors (Lipinski definition) is 5. The van der Waals surface area contributed by atoms with Gasteiger partial charge >= 0.3 is 0 Å². The van der Waals surface area contributed by atoms with Gasteiger partial charge in [-0.25, -0.2) is 0 Å². The molecule has 1 heterocycles. The Labute approximate surface area is 185 Å². The maximum Gasteiger partial charge on any atom is 0.254 e. The molecule has 32 heavy (non-hydrogen) atoms. The smallest absolute Gasteiger partial charge is 0.254 e. The number of amides is 2. The molecule has 7 rings (SSSR count). The number of hydrazone groups is 1. The van der Waals surface area contributed by atoms with Gasteiger partial charge in [0.15, 0.2) is 0 Å². The first-order chi connectivity index (χ1) is 15.7. The highest BCUT2D eigenvalue weighted by Gasteiger charge is 2.67. The van der Waals surface area contributed by atoms with Gasteiger partial charge in [0.2, 0.25) is 0 Å². The average molecular weight is 423 g/mol. The summed E-state index contributed by atoms with van der Waals surface area (Å²) in [5.74, 6) is 1.46. The van der Waals surface area contributed by atoms with Crippen molar-refractivity contribution in [2.75, 3.05) is 0 Å². The summed E-state index contributed by atoms with van der Waals surface area (Å²) >= 11 is 0. The zero-order chi connectivity index (χ0) is 21.8. The second-order valence-corrected chi connectivity index (χ2v) is 9.01. The number of carbonyl (C=O) groups is 2. The van der Waals surface area contributed by atoms with E-state index < -0.39 is 0 Å². The Balaban J connectivity index is 1.13. The van der Waals surface area contributed by atoms with Crippen molar-refractivity contribution in [3.63, 3.8) is 0 Å². The molecule has 158 valence electrons. The molecule has 6 heteroatoms. The molecule has 4 aliphatic carbocycles. The summed E-state index contributed by atoms with van der Waals surface area (Å²) < 4.78 is 5.79. The first-order valence-electron chi connectivity index (χ1n) is 11.0. The van der Waals surface area contributed by atoms with Gasteiger partial charge < -0.3 is 4.74 Å². The molecule has 0 unspecified atom stereocenters. The Morgan fingerprint density at radius 2 is 1.66 bits per heavy atom. The first kappa shape index (κ1) is 19.0. The first-order valence-corrected chi connectivity index (χ1v) is 11.0. The molecule has 2 aromatic rings. The lowest BCUT2D eigenvalue weighted by atomic mass is 9.63. The third kappa shape index (κ3) is 2.89. The highest BCUT2D eigenvalue weighted by molar-refractivity contribution is 6.06. The second-order valence-electron chi connectivity index (χ2n) is 9.01. The maximum absolute atomic E-state index is 13.0. The standard InChI is InChI=1S/C26H21N3O3/c27-12-16-3-1-2-4-17(16)14-32-18-7-5-15(6-8-18)13-28-29-25(30)23-19-9-10-20(22-11-21(19)22)24(23)26(29)31/h1-10,13,19-24H,11,14H2/t19-,20-,21-,22+,23-,24+/m0/s1. The predicted octanol–water partition coefficient (Wildman–Crippen LogP) is 3.52. The van der Waals surface area contributed by atoms with E-state index in [4.69, 9.17) is 4.74 Å². The zero-order valence-electron chi connectivity index (χ0n) is 17.3. The van der Waals surface area contributed by atoms with Crippen LogP contribution in [0, 0.1) is 46.8 Å². The summed E-state index contributed by atoms with van der Waals surface area (Å²) in [7, 11) is 0. The van der Waals surface area contributed by atoms with Crippen LogP contribution in [0.3, 0.4) is 0 Å². The molecule has 0 radical (unpaired) electrons. The van der Waals surface area contributed by atoms with E-state index in [1.807, 2.05) is 30.3 Å². The summed E-state index contributed by atoms with van der Waals surface area (Å²) in [6.45, 7) is 0.301. The Bertz CT molecular complexity index is 1170. The van der Waals surface area contributed by atoms with E-state index in [-0.39, 0.29) is 35.5 Å². The summed E-state index contributed by atoms with van der Waals surface area (Å²) in [4.78, 5) is 25.9. The van der Waals surface area contributed by atoms with Gasteiger partial charge in [-0.2, -0.15) is 15.4 Å². The quantitative estimate of drug-likeness (QED) is 0.419. The third-order valence-corrected chi connectivity index (χ3v) is 7.37. The van der Waals surface area contributed by atoms with Crippen LogP contribution < -0.4 is 4.74 Å². The minimum atomic E-state index is -0.231. The number of imide groups is 1. The van der Waals surface area contributed by atoms with Gasteiger partial charge in [0, 0.05) is 5.56 Å². The van der Waals surface area contributed by atoms with Crippen LogP contribution in [0.1, 0.15) is 23.1 Å². The normalized spacial score (nSPS) is 31.5. The number of nitriles is 1. The number of rotatable bonds is 5. The van der Waals surface area contributed by atoms with Gasteiger partial charge in [0.25, 0.3) is 11.8 Å². The molecule has 6 nitrogen and oxygen atoms in total. The third-order valence-electron chi connectivity index (χ3n) is 7.37. The molecule has 6 atom stereocenters. The van der Waals surface area contributed by atoms with Gasteiger partial charge in [-0.05, 0) is 66.0 Å².